The Morgan fingerprint density at radius 3 is 2.75 bits per heavy atom. The summed E-state index contributed by atoms with van der Waals surface area (Å²) in [5.74, 6) is 0. The van der Waals surface area contributed by atoms with Crippen molar-refractivity contribution in [1.82, 2.24) is 5.32 Å². The van der Waals surface area contributed by atoms with Gasteiger partial charge in [0.25, 0.3) is 0 Å². The molecule has 1 aromatic rings. The quantitative estimate of drug-likeness (QED) is 0.658. The number of para-hydroxylation sites is 2. The van der Waals surface area contributed by atoms with Crippen LogP contribution in [0, 0.1) is 0 Å². The lowest BCUT2D eigenvalue weighted by atomic mass is 10.2. The first kappa shape index (κ1) is 14.8. The van der Waals surface area contributed by atoms with Gasteiger partial charge in [0, 0.05) is 19.6 Å². The number of ether oxygens (including phenoxy) is 1. The van der Waals surface area contributed by atoms with Crippen LogP contribution >= 0.6 is 12.2 Å². The van der Waals surface area contributed by atoms with E-state index in [0.29, 0.717) is 11.7 Å². The van der Waals surface area contributed by atoms with Gasteiger partial charge in [0.2, 0.25) is 0 Å². The molecule has 2 N–H and O–H groups in total. The Kier molecular flexibility index (Phi) is 5.38. The van der Waals surface area contributed by atoms with Crippen LogP contribution in [0.3, 0.4) is 0 Å². The predicted octanol–water partition coefficient (Wildman–Crippen LogP) is 2.39. The highest BCUT2D eigenvalue weighted by atomic mass is 32.1. The van der Waals surface area contributed by atoms with Gasteiger partial charge in [0.15, 0.2) is 5.11 Å². The SMILES string of the molecule is C=C(C)CNC(=S)Nc1ccccc1N1CCOCC1. The lowest BCUT2D eigenvalue weighted by molar-refractivity contribution is 0.123. The Labute approximate surface area is 125 Å². The van der Waals surface area contributed by atoms with Crippen LogP contribution in [0.25, 0.3) is 0 Å². The molecule has 4 nitrogen and oxygen atoms in total. The molecule has 1 aliphatic rings. The largest absolute Gasteiger partial charge is 0.378 e. The molecule has 20 heavy (non-hydrogen) atoms. The molecule has 0 amide bonds. The van der Waals surface area contributed by atoms with Crippen LogP contribution in [0.2, 0.25) is 0 Å². The van der Waals surface area contributed by atoms with Crippen LogP contribution in [0.1, 0.15) is 6.92 Å². The molecule has 1 fully saturated rings. The Hall–Kier alpha value is -1.59. The van der Waals surface area contributed by atoms with E-state index in [1.807, 2.05) is 25.1 Å². The summed E-state index contributed by atoms with van der Waals surface area (Å²) in [6.07, 6.45) is 0. The fourth-order valence-electron chi connectivity index (χ4n) is 2.06. The number of nitrogens with zero attached hydrogens (tertiary/aromatic N) is 1. The number of benzene rings is 1. The summed E-state index contributed by atoms with van der Waals surface area (Å²) in [7, 11) is 0. The van der Waals surface area contributed by atoms with E-state index in [4.69, 9.17) is 17.0 Å². The molecule has 108 valence electrons. The van der Waals surface area contributed by atoms with Gasteiger partial charge in [0.1, 0.15) is 0 Å². The lowest BCUT2D eigenvalue weighted by Gasteiger charge is -2.30. The smallest absolute Gasteiger partial charge is 0.171 e. The summed E-state index contributed by atoms with van der Waals surface area (Å²) in [4.78, 5) is 2.31. The third kappa shape index (κ3) is 4.21. The van der Waals surface area contributed by atoms with Crippen molar-refractivity contribution in [3.05, 3.63) is 36.4 Å². The Bertz CT molecular complexity index is 484. The van der Waals surface area contributed by atoms with Crippen LogP contribution in [-0.4, -0.2) is 38.0 Å². The summed E-state index contributed by atoms with van der Waals surface area (Å²) < 4.78 is 5.40. The first-order valence-corrected chi connectivity index (χ1v) is 7.18. The molecular formula is C15H21N3OS. The van der Waals surface area contributed by atoms with Crippen molar-refractivity contribution in [3.63, 3.8) is 0 Å². The summed E-state index contributed by atoms with van der Waals surface area (Å²) in [6.45, 7) is 9.86. The molecule has 0 aromatic heterocycles. The fraction of sp³-hybridized carbons (Fsp3) is 0.400. The molecule has 1 saturated heterocycles. The molecule has 0 radical (unpaired) electrons. The number of thiocarbonyl (C=S) groups is 1. The van der Waals surface area contributed by atoms with Crippen LogP contribution in [-0.2, 0) is 4.74 Å². The number of morpholine rings is 1. The van der Waals surface area contributed by atoms with E-state index < -0.39 is 0 Å². The Morgan fingerprint density at radius 2 is 2.05 bits per heavy atom. The Morgan fingerprint density at radius 1 is 1.35 bits per heavy atom. The van der Waals surface area contributed by atoms with Gasteiger partial charge >= 0.3 is 0 Å². The van der Waals surface area contributed by atoms with Crippen LogP contribution in [0.15, 0.2) is 36.4 Å². The monoisotopic (exact) mass is 291 g/mol. The van der Waals surface area contributed by atoms with E-state index in [1.165, 1.54) is 0 Å². The van der Waals surface area contributed by atoms with E-state index in [0.717, 1.165) is 43.3 Å². The number of hydrogen-bond donors (Lipinski definition) is 2. The highest BCUT2D eigenvalue weighted by Crippen LogP contribution is 2.26. The standard InChI is InChI=1S/C15H21N3OS/c1-12(2)11-16-15(20)17-13-5-3-4-6-14(13)18-7-9-19-10-8-18/h3-6H,1,7-11H2,2H3,(H2,16,17,20). The van der Waals surface area contributed by atoms with Crippen molar-refractivity contribution in [3.8, 4) is 0 Å². The van der Waals surface area contributed by atoms with Gasteiger partial charge in [0.05, 0.1) is 24.6 Å². The van der Waals surface area contributed by atoms with Gasteiger partial charge in [-0.05, 0) is 31.3 Å². The molecule has 0 saturated carbocycles. The average molecular weight is 291 g/mol. The highest BCUT2D eigenvalue weighted by Gasteiger charge is 2.14. The van der Waals surface area contributed by atoms with Crippen molar-refractivity contribution < 1.29 is 4.74 Å². The second-order valence-corrected chi connectivity index (χ2v) is 5.29. The fourth-order valence-corrected chi connectivity index (χ4v) is 2.24. The van der Waals surface area contributed by atoms with Crippen LogP contribution in [0.4, 0.5) is 11.4 Å². The Balaban J connectivity index is 2.03. The molecule has 0 unspecified atom stereocenters. The van der Waals surface area contributed by atoms with E-state index >= 15 is 0 Å². The van der Waals surface area contributed by atoms with Crippen molar-refractivity contribution in [2.45, 2.75) is 6.92 Å². The number of anilines is 2. The first-order valence-electron chi connectivity index (χ1n) is 6.78. The van der Waals surface area contributed by atoms with Crippen LogP contribution in [0.5, 0.6) is 0 Å². The topological polar surface area (TPSA) is 36.5 Å². The molecular weight excluding hydrogens is 270 g/mol. The average Bonchev–Trinajstić information content (AvgIpc) is 2.47. The minimum absolute atomic E-state index is 0.619. The minimum atomic E-state index is 0.619. The molecule has 0 aliphatic carbocycles. The molecule has 1 heterocycles. The number of nitrogens with one attached hydrogen (secondary N) is 2. The second-order valence-electron chi connectivity index (χ2n) is 4.88. The zero-order chi connectivity index (χ0) is 14.4. The van der Waals surface area contributed by atoms with Gasteiger partial charge in [-0.15, -0.1) is 0 Å². The van der Waals surface area contributed by atoms with Crippen molar-refractivity contribution in [1.29, 1.82) is 0 Å². The third-order valence-corrected chi connectivity index (χ3v) is 3.30. The summed E-state index contributed by atoms with van der Waals surface area (Å²) in [6, 6.07) is 8.20. The minimum Gasteiger partial charge on any atom is -0.378 e. The normalized spacial score (nSPS) is 14.8. The van der Waals surface area contributed by atoms with Crippen molar-refractivity contribution >= 4 is 28.7 Å². The van der Waals surface area contributed by atoms with Crippen LogP contribution < -0.4 is 15.5 Å². The highest BCUT2D eigenvalue weighted by molar-refractivity contribution is 7.80. The van der Waals surface area contributed by atoms with Gasteiger partial charge < -0.3 is 20.3 Å². The zero-order valence-corrected chi connectivity index (χ0v) is 12.6. The first-order chi connectivity index (χ1) is 9.66. The maximum Gasteiger partial charge on any atom is 0.171 e. The summed E-state index contributed by atoms with van der Waals surface area (Å²) in [5, 5.41) is 7.02. The van der Waals surface area contributed by atoms with Gasteiger partial charge in [-0.25, -0.2) is 0 Å². The van der Waals surface area contributed by atoms with E-state index in [-0.39, 0.29) is 0 Å². The van der Waals surface area contributed by atoms with Crippen molar-refractivity contribution in [2.75, 3.05) is 43.1 Å². The lowest BCUT2D eigenvalue weighted by Crippen LogP contribution is -2.37. The predicted molar refractivity (Wildman–Crippen MR) is 88.5 cm³/mol. The summed E-state index contributed by atoms with van der Waals surface area (Å²) >= 11 is 5.31. The number of hydrogen-bond acceptors (Lipinski definition) is 3. The molecule has 5 heteroatoms. The molecule has 0 spiro atoms. The third-order valence-electron chi connectivity index (χ3n) is 3.05. The van der Waals surface area contributed by atoms with E-state index in [2.05, 4.69) is 28.2 Å². The molecule has 0 bridgehead atoms. The van der Waals surface area contributed by atoms with E-state index in [9.17, 15) is 0 Å². The molecule has 1 aliphatic heterocycles. The van der Waals surface area contributed by atoms with Gasteiger partial charge in [-0.2, -0.15) is 0 Å². The molecule has 0 atom stereocenters. The second kappa shape index (κ2) is 7.26. The molecule has 1 aromatic carbocycles. The zero-order valence-electron chi connectivity index (χ0n) is 11.8. The maximum atomic E-state index is 5.40. The molecule has 2 rings (SSSR count). The van der Waals surface area contributed by atoms with E-state index in [1.54, 1.807) is 0 Å². The van der Waals surface area contributed by atoms with Gasteiger partial charge in [-0.3, -0.25) is 0 Å². The summed E-state index contributed by atoms with van der Waals surface area (Å²) in [5.41, 5.74) is 3.24. The number of rotatable bonds is 4. The van der Waals surface area contributed by atoms with Gasteiger partial charge in [-0.1, -0.05) is 24.3 Å². The maximum absolute atomic E-state index is 5.40. The van der Waals surface area contributed by atoms with Crippen molar-refractivity contribution in [2.24, 2.45) is 0 Å².